The number of fused-ring (bicyclic) bond motifs is 5. The van der Waals surface area contributed by atoms with Crippen LogP contribution in [-0.2, 0) is 0 Å². The molecule has 3 saturated carbocycles. The summed E-state index contributed by atoms with van der Waals surface area (Å²) in [6.45, 7) is 11.2. The Morgan fingerprint density at radius 2 is 1.80 bits per heavy atom. The van der Waals surface area contributed by atoms with Crippen LogP contribution in [0.3, 0.4) is 0 Å². The Balaban J connectivity index is 1.55. The van der Waals surface area contributed by atoms with Crippen LogP contribution in [-0.4, -0.2) is 33.1 Å². The third-order valence-corrected chi connectivity index (χ3v) is 10.5. The normalized spacial score (nSPS) is 46.4. The van der Waals surface area contributed by atoms with Crippen molar-refractivity contribution in [2.75, 3.05) is 0 Å². The zero-order valence-corrected chi connectivity index (χ0v) is 20.0. The third-order valence-electron chi connectivity index (χ3n) is 10.5. The molecule has 0 aromatic carbocycles. The van der Waals surface area contributed by atoms with Gasteiger partial charge in [0.05, 0.1) is 17.8 Å². The predicted molar refractivity (Wildman–Crippen MR) is 122 cm³/mol. The van der Waals surface area contributed by atoms with Gasteiger partial charge in [-0.2, -0.15) is 0 Å². The van der Waals surface area contributed by atoms with Gasteiger partial charge >= 0.3 is 0 Å². The van der Waals surface area contributed by atoms with Crippen LogP contribution in [0.15, 0.2) is 11.6 Å². The predicted octanol–water partition coefficient (Wildman–Crippen LogP) is 5.47. The summed E-state index contributed by atoms with van der Waals surface area (Å²) in [7, 11) is 0. The minimum Gasteiger partial charge on any atom is -0.393 e. The van der Waals surface area contributed by atoms with Crippen molar-refractivity contribution in [3.8, 4) is 0 Å². The molecule has 3 unspecified atom stereocenters. The first kappa shape index (κ1) is 22.8. The van der Waals surface area contributed by atoms with E-state index >= 15 is 0 Å². The van der Waals surface area contributed by atoms with Crippen molar-refractivity contribution in [2.24, 2.45) is 40.4 Å². The molecule has 0 amide bonds. The van der Waals surface area contributed by atoms with Gasteiger partial charge in [0.2, 0.25) is 0 Å². The number of aliphatic hydroxyl groups excluding tert-OH is 2. The van der Waals surface area contributed by atoms with E-state index in [9.17, 15) is 15.3 Å². The minimum absolute atomic E-state index is 0.124. The lowest BCUT2D eigenvalue weighted by Crippen LogP contribution is -2.55. The number of hydrogen-bond acceptors (Lipinski definition) is 3. The summed E-state index contributed by atoms with van der Waals surface area (Å²) in [5, 5.41) is 32.7. The lowest BCUT2D eigenvalue weighted by atomic mass is 9.46. The van der Waals surface area contributed by atoms with E-state index in [1.807, 2.05) is 6.92 Å². The molecule has 0 aliphatic heterocycles. The van der Waals surface area contributed by atoms with Crippen LogP contribution >= 0.6 is 0 Å². The van der Waals surface area contributed by atoms with Gasteiger partial charge in [-0.15, -0.1) is 0 Å². The molecular weight excluding hydrogens is 372 g/mol. The number of hydrogen-bond donors (Lipinski definition) is 3. The third kappa shape index (κ3) is 3.52. The topological polar surface area (TPSA) is 60.7 Å². The van der Waals surface area contributed by atoms with Crippen molar-refractivity contribution in [1.82, 2.24) is 0 Å². The maximum absolute atomic E-state index is 11.6. The van der Waals surface area contributed by atoms with E-state index in [1.54, 1.807) is 0 Å². The molecule has 3 N–H and O–H groups in total. The Hall–Kier alpha value is -0.380. The van der Waals surface area contributed by atoms with Crippen LogP contribution in [0.2, 0.25) is 0 Å². The largest absolute Gasteiger partial charge is 0.393 e. The van der Waals surface area contributed by atoms with Gasteiger partial charge in [0.1, 0.15) is 0 Å². The monoisotopic (exact) mass is 418 g/mol. The molecule has 9 atom stereocenters. The van der Waals surface area contributed by atoms with Crippen LogP contribution in [0.5, 0.6) is 0 Å². The molecule has 0 aromatic rings. The Bertz CT molecular complexity index is 667. The standard InChI is InChI=1S/C27H46O3/c1-17(2)6-11-24(29)27(5,30)23-10-9-21-20-8-7-18-16-19(28)12-14-25(18,3)22(20)13-15-26(21,23)4/h7,17,19-24,28-30H,6,8-16H2,1-5H3/t19-,20?,21?,22?,23-,24+,25-,26-,27+/m0/s1. The summed E-state index contributed by atoms with van der Waals surface area (Å²) in [6, 6.07) is 0. The van der Waals surface area contributed by atoms with Gasteiger partial charge < -0.3 is 15.3 Å². The molecule has 4 aliphatic carbocycles. The van der Waals surface area contributed by atoms with Crippen LogP contribution in [0.1, 0.15) is 98.8 Å². The Labute approximate surface area is 184 Å². The molecule has 3 fully saturated rings. The molecule has 0 heterocycles. The molecule has 0 aromatic heterocycles. The lowest BCUT2D eigenvalue weighted by Gasteiger charge is -2.59. The second-order valence-electron chi connectivity index (χ2n) is 12.5. The maximum Gasteiger partial charge on any atom is 0.0910 e. The summed E-state index contributed by atoms with van der Waals surface area (Å²) < 4.78 is 0. The minimum atomic E-state index is -1.00. The fraction of sp³-hybridized carbons (Fsp3) is 0.926. The first-order valence-corrected chi connectivity index (χ1v) is 12.8. The zero-order valence-electron chi connectivity index (χ0n) is 20.0. The van der Waals surface area contributed by atoms with Gasteiger partial charge in [-0.3, -0.25) is 0 Å². The van der Waals surface area contributed by atoms with Gasteiger partial charge in [-0.05, 0) is 112 Å². The number of rotatable bonds is 5. The molecule has 3 heteroatoms. The first-order chi connectivity index (χ1) is 14.0. The highest BCUT2D eigenvalue weighted by Crippen LogP contribution is 2.67. The van der Waals surface area contributed by atoms with Gasteiger partial charge in [-0.25, -0.2) is 0 Å². The van der Waals surface area contributed by atoms with Crippen LogP contribution in [0.4, 0.5) is 0 Å². The van der Waals surface area contributed by atoms with E-state index in [4.69, 9.17) is 0 Å². The average Bonchev–Trinajstić information content (AvgIpc) is 3.04. The fourth-order valence-corrected chi connectivity index (χ4v) is 8.62. The first-order valence-electron chi connectivity index (χ1n) is 12.8. The molecule has 0 radical (unpaired) electrons. The van der Waals surface area contributed by atoms with Gasteiger partial charge in [0.15, 0.2) is 0 Å². The second-order valence-corrected chi connectivity index (χ2v) is 12.5. The van der Waals surface area contributed by atoms with E-state index in [-0.39, 0.29) is 22.9 Å². The summed E-state index contributed by atoms with van der Waals surface area (Å²) in [5.74, 6) is 2.80. The van der Waals surface area contributed by atoms with Crippen molar-refractivity contribution in [1.29, 1.82) is 0 Å². The van der Waals surface area contributed by atoms with E-state index in [0.717, 1.165) is 44.4 Å². The lowest BCUT2D eigenvalue weighted by molar-refractivity contribution is -0.151. The van der Waals surface area contributed by atoms with Gasteiger partial charge in [0, 0.05) is 0 Å². The quantitative estimate of drug-likeness (QED) is 0.519. The molecule has 30 heavy (non-hydrogen) atoms. The van der Waals surface area contributed by atoms with Crippen LogP contribution < -0.4 is 0 Å². The molecule has 172 valence electrons. The molecule has 4 rings (SSSR count). The SMILES string of the molecule is CC(C)CC[C@@H](O)[C@](C)(O)[C@H]1CCC2C3CC=C4C[C@@H](O)CC[C@]4(C)C3CC[C@@]21C. The van der Waals surface area contributed by atoms with Crippen LogP contribution in [0.25, 0.3) is 0 Å². The number of aliphatic hydroxyl groups is 3. The molecule has 4 aliphatic rings. The summed E-state index contributed by atoms with van der Waals surface area (Å²) in [4.78, 5) is 0. The smallest absolute Gasteiger partial charge is 0.0910 e. The summed E-state index contributed by atoms with van der Waals surface area (Å²) in [6.07, 6.45) is 12.1. The van der Waals surface area contributed by atoms with E-state index < -0.39 is 11.7 Å². The maximum atomic E-state index is 11.6. The highest BCUT2D eigenvalue weighted by Gasteiger charge is 2.62. The zero-order chi connectivity index (χ0) is 21.9. The molecule has 0 saturated heterocycles. The Morgan fingerprint density at radius 3 is 2.50 bits per heavy atom. The van der Waals surface area contributed by atoms with Crippen LogP contribution in [0, 0.1) is 40.4 Å². The molecule has 0 bridgehead atoms. The molecule has 3 nitrogen and oxygen atoms in total. The van der Waals surface area contributed by atoms with Gasteiger partial charge in [0.25, 0.3) is 0 Å². The van der Waals surface area contributed by atoms with Crippen molar-refractivity contribution in [2.45, 2.75) is 117 Å². The van der Waals surface area contributed by atoms with Crippen molar-refractivity contribution < 1.29 is 15.3 Å². The van der Waals surface area contributed by atoms with Crippen molar-refractivity contribution in [3.63, 3.8) is 0 Å². The summed E-state index contributed by atoms with van der Waals surface area (Å²) >= 11 is 0. The molecule has 0 spiro atoms. The van der Waals surface area contributed by atoms with E-state index in [2.05, 4.69) is 33.8 Å². The molecular formula is C27H46O3. The van der Waals surface area contributed by atoms with Crippen molar-refractivity contribution >= 4 is 0 Å². The highest BCUT2D eigenvalue weighted by molar-refractivity contribution is 5.25. The second kappa shape index (κ2) is 7.89. The number of allylic oxidation sites excluding steroid dienone is 1. The van der Waals surface area contributed by atoms with E-state index in [0.29, 0.717) is 24.2 Å². The van der Waals surface area contributed by atoms with Crippen molar-refractivity contribution in [3.05, 3.63) is 11.6 Å². The summed E-state index contributed by atoms with van der Waals surface area (Å²) in [5.41, 5.74) is 0.914. The fourth-order valence-electron chi connectivity index (χ4n) is 8.62. The van der Waals surface area contributed by atoms with Gasteiger partial charge in [-0.1, -0.05) is 39.3 Å². The van der Waals surface area contributed by atoms with E-state index in [1.165, 1.54) is 24.8 Å². The Kier molecular flexibility index (Phi) is 5.99. The highest BCUT2D eigenvalue weighted by atomic mass is 16.3. The Morgan fingerprint density at radius 1 is 1.07 bits per heavy atom. The average molecular weight is 419 g/mol.